The first-order chi connectivity index (χ1) is 9.74. The molecular weight excluding hydrogens is 248 g/mol. The van der Waals surface area contributed by atoms with Gasteiger partial charge in [0.25, 0.3) is 0 Å². The second kappa shape index (κ2) is 4.21. The zero-order valence-electron chi connectivity index (χ0n) is 11.6. The largest absolute Gasteiger partial charge is 0.350 e. The summed E-state index contributed by atoms with van der Waals surface area (Å²) in [4.78, 5) is 4.66. The van der Waals surface area contributed by atoms with Crippen molar-refractivity contribution in [2.45, 2.75) is 25.4 Å². The average Bonchev–Trinajstić information content (AvgIpc) is 3.00. The quantitative estimate of drug-likeness (QED) is 0.735. The molecule has 0 saturated heterocycles. The van der Waals surface area contributed by atoms with Crippen LogP contribution in [-0.4, -0.2) is 20.2 Å². The number of nitrogens with two attached hydrogens (primary N) is 1. The van der Waals surface area contributed by atoms with E-state index in [1.54, 1.807) is 0 Å². The van der Waals surface area contributed by atoms with Gasteiger partial charge in [-0.2, -0.15) is 0 Å². The van der Waals surface area contributed by atoms with Gasteiger partial charge in [0.2, 0.25) is 0 Å². The lowest BCUT2D eigenvalue weighted by molar-refractivity contribution is 0.472. The van der Waals surface area contributed by atoms with E-state index in [1.165, 1.54) is 22.2 Å². The van der Waals surface area contributed by atoms with E-state index in [0.29, 0.717) is 0 Å². The molecule has 3 heterocycles. The number of benzene rings is 1. The maximum atomic E-state index is 6.13. The van der Waals surface area contributed by atoms with Crippen LogP contribution in [0.2, 0.25) is 0 Å². The summed E-state index contributed by atoms with van der Waals surface area (Å²) in [5, 5.41) is 1.26. The van der Waals surface area contributed by atoms with Gasteiger partial charge in [0.15, 0.2) is 0 Å². The monoisotopic (exact) mass is 266 g/mol. The normalized spacial score (nSPS) is 18.4. The summed E-state index contributed by atoms with van der Waals surface area (Å²) < 4.78 is 4.42. The highest BCUT2D eigenvalue weighted by Gasteiger charge is 2.22. The Kier molecular flexibility index (Phi) is 2.47. The van der Waals surface area contributed by atoms with Crippen molar-refractivity contribution in [3.63, 3.8) is 0 Å². The molecule has 2 aromatic heterocycles. The first kappa shape index (κ1) is 11.7. The number of aromatic nitrogens is 3. The molecular formula is C16H18N4. The van der Waals surface area contributed by atoms with Gasteiger partial charge >= 0.3 is 0 Å². The lowest BCUT2D eigenvalue weighted by Gasteiger charge is -2.21. The third kappa shape index (κ3) is 1.61. The van der Waals surface area contributed by atoms with Crippen LogP contribution in [0.5, 0.6) is 0 Å². The molecule has 0 spiro atoms. The highest BCUT2D eigenvalue weighted by atomic mass is 15.1. The Bertz CT molecular complexity index is 781. The summed E-state index contributed by atoms with van der Waals surface area (Å²) in [5.74, 6) is 0. The van der Waals surface area contributed by atoms with Gasteiger partial charge < -0.3 is 14.9 Å². The molecule has 3 aromatic rings. The molecule has 1 aliphatic heterocycles. The van der Waals surface area contributed by atoms with Gasteiger partial charge in [-0.05, 0) is 12.5 Å². The highest BCUT2D eigenvalue weighted by molar-refractivity contribution is 5.95. The zero-order chi connectivity index (χ0) is 13.7. The number of rotatable bonds is 1. The molecule has 0 saturated carbocycles. The Morgan fingerprint density at radius 1 is 1.30 bits per heavy atom. The van der Waals surface area contributed by atoms with Crippen molar-refractivity contribution in [2.75, 3.05) is 0 Å². The molecule has 4 nitrogen and oxygen atoms in total. The number of imidazole rings is 1. The van der Waals surface area contributed by atoms with E-state index in [9.17, 15) is 0 Å². The highest BCUT2D eigenvalue weighted by Crippen LogP contribution is 2.33. The van der Waals surface area contributed by atoms with Gasteiger partial charge in [-0.3, -0.25) is 0 Å². The first-order valence-electron chi connectivity index (χ1n) is 7.08. The smallest absolute Gasteiger partial charge is 0.0956 e. The van der Waals surface area contributed by atoms with Crippen molar-refractivity contribution in [1.29, 1.82) is 0 Å². The lowest BCUT2D eigenvalue weighted by atomic mass is 10.0. The number of nitrogens with zero attached hydrogens (tertiary/aromatic N) is 3. The second-order valence-electron chi connectivity index (χ2n) is 5.66. The Hall–Kier alpha value is -2.07. The minimum absolute atomic E-state index is 0.257. The fourth-order valence-corrected chi connectivity index (χ4v) is 3.22. The number of hydrogen-bond donors (Lipinski definition) is 1. The summed E-state index contributed by atoms with van der Waals surface area (Å²) in [6.45, 7) is 0.980. The van der Waals surface area contributed by atoms with Crippen LogP contribution in [-0.2, 0) is 20.0 Å². The van der Waals surface area contributed by atoms with Crippen LogP contribution >= 0.6 is 0 Å². The van der Waals surface area contributed by atoms with Crippen molar-refractivity contribution in [2.24, 2.45) is 12.8 Å². The lowest BCUT2D eigenvalue weighted by Crippen LogP contribution is -2.30. The molecule has 1 aromatic carbocycles. The van der Waals surface area contributed by atoms with E-state index < -0.39 is 0 Å². The molecule has 1 unspecified atom stereocenters. The van der Waals surface area contributed by atoms with E-state index in [-0.39, 0.29) is 6.04 Å². The van der Waals surface area contributed by atoms with Crippen LogP contribution in [0.15, 0.2) is 36.8 Å². The van der Waals surface area contributed by atoms with E-state index in [1.807, 2.05) is 6.33 Å². The maximum absolute atomic E-state index is 6.13. The fraction of sp³-hybridized carbons (Fsp3) is 0.312. The maximum Gasteiger partial charge on any atom is 0.0956 e. The third-order valence-electron chi connectivity index (χ3n) is 4.29. The molecule has 0 aliphatic carbocycles. The molecule has 1 atom stereocenters. The van der Waals surface area contributed by atoms with Crippen molar-refractivity contribution in [3.05, 3.63) is 42.5 Å². The van der Waals surface area contributed by atoms with Gasteiger partial charge in [0.1, 0.15) is 0 Å². The van der Waals surface area contributed by atoms with Crippen LogP contribution in [0.1, 0.15) is 12.1 Å². The van der Waals surface area contributed by atoms with Gasteiger partial charge in [0, 0.05) is 54.4 Å². The average molecular weight is 266 g/mol. The SMILES string of the molecule is Cn1cc(-c2ncn3c2CC(N)CC3)c2ccccc21. The van der Waals surface area contributed by atoms with E-state index in [4.69, 9.17) is 5.73 Å². The van der Waals surface area contributed by atoms with Crippen LogP contribution < -0.4 is 5.73 Å². The molecule has 4 heteroatoms. The van der Waals surface area contributed by atoms with Gasteiger partial charge in [-0.1, -0.05) is 18.2 Å². The Morgan fingerprint density at radius 3 is 3.05 bits per heavy atom. The molecule has 20 heavy (non-hydrogen) atoms. The van der Waals surface area contributed by atoms with Crippen LogP contribution in [0, 0.1) is 0 Å². The van der Waals surface area contributed by atoms with E-state index in [0.717, 1.165) is 25.1 Å². The van der Waals surface area contributed by atoms with E-state index in [2.05, 4.69) is 51.6 Å². The topological polar surface area (TPSA) is 48.8 Å². The predicted molar refractivity (Wildman–Crippen MR) is 80.4 cm³/mol. The minimum Gasteiger partial charge on any atom is -0.350 e. The van der Waals surface area contributed by atoms with Crippen molar-refractivity contribution >= 4 is 10.9 Å². The first-order valence-corrected chi connectivity index (χ1v) is 7.08. The number of hydrogen-bond acceptors (Lipinski definition) is 2. The van der Waals surface area contributed by atoms with E-state index >= 15 is 0 Å². The van der Waals surface area contributed by atoms with Crippen LogP contribution in [0.25, 0.3) is 22.2 Å². The summed E-state index contributed by atoms with van der Waals surface area (Å²) in [6.07, 6.45) is 6.09. The zero-order valence-corrected chi connectivity index (χ0v) is 11.6. The molecule has 2 N–H and O–H groups in total. The van der Waals surface area contributed by atoms with Crippen molar-refractivity contribution in [1.82, 2.24) is 14.1 Å². The molecule has 0 bridgehead atoms. The molecule has 0 amide bonds. The number of aryl methyl sites for hydroxylation is 2. The van der Waals surface area contributed by atoms with Gasteiger partial charge in [-0.25, -0.2) is 4.98 Å². The van der Waals surface area contributed by atoms with Crippen molar-refractivity contribution < 1.29 is 0 Å². The minimum atomic E-state index is 0.257. The summed E-state index contributed by atoms with van der Waals surface area (Å²) in [7, 11) is 2.08. The second-order valence-corrected chi connectivity index (χ2v) is 5.66. The molecule has 1 aliphatic rings. The van der Waals surface area contributed by atoms with Crippen molar-refractivity contribution in [3.8, 4) is 11.3 Å². The fourth-order valence-electron chi connectivity index (χ4n) is 3.22. The number of para-hydroxylation sites is 1. The van der Waals surface area contributed by atoms with Gasteiger partial charge in [-0.15, -0.1) is 0 Å². The third-order valence-corrected chi connectivity index (χ3v) is 4.29. The van der Waals surface area contributed by atoms with Gasteiger partial charge in [0.05, 0.1) is 12.0 Å². The summed E-state index contributed by atoms with van der Waals surface area (Å²) in [6, 6.07) is 8.73. The molecule has 4 rings (SSSR count). The Labute approximate surface area is 117 Å². The Balaban J connectivity index is 1.94. The Morgan fingerprint density at radius 2 is 2.15 bits per heavy atom. The molecule has 0 fully saturated rings. The van der Waals surface area contributed by atoms with Crippen LogP contribution in [0.4, 0.5) is 0 Å². The number of fused-ring (bicyclic) bond motifs is 2. The predicted octanol–water partition coefficient (Wildman–Crippen LogP) is 2.32. The molecule has 102 valence electrons. The standard InChI is InChI=1S/C16H18N4/c1-19-9-13(12-4-2-3-5-14(12)19)16-15-8-11(17)6-7-20(15)10-18-16/h2-5,9-11H,6-8,17H2,1H3. The summed E-state index contributed by atoms with van der Waals surface area (Å²) >= 11 is 0. The van der Waals surface area contributed by atoms with Crippen LogP contribution in [0.3, 0.4) is 0 Å². The summed E-state index contributed by atoms with van der Waals surface area (Å²) in [5.41, 5.74) is 11.0. The molecule has 0 radical (unpaired) electrons.